The molecule has 0 unspecified atom stereocenters. The number of rotatable bonds is 6. The minimum Gasteiger partial charge on any atom is -0.356 e. The van der Waals surface area contributed by atoms with Gasteiger partial charge in [-0.25, -0.2) is 4.98 Å². The summed E-state index contributed by atoms with van der Waals surface area (Å²) in [7, 11) is 0. The molecule has 0 aliphatic carbocycles. The molecule has 27 heavy (non-hydrogen) atoms. The number of para-hydroxylation sites is 1. The molecular weight excluding hydrogens is 378 g/mol. The van der Waals surface area contributed by atoms with Crippen molar-refractivity contribution >= 4 is 39.1 Å². The van der Waals surface area contributed by atoms with Crippen molar-refractivity contribution < 1.29 is 0 Å². The van der Waals surface area contributed by atoms with Crippen LogP contribution in [0, 0.1) is 0 Å². The highest BCUT2D eigenvalue weighted by molar-refractivity contribution is 8.01. The number of fused-ring (bicyclic) bond motifs is 1. The molecule has 8 heteroatoms. The van der Waals surface area contributed by atoms with Crippen molar-refractivity contribution in [1.82, 2.24) is 20.2 Å². The van der Waals surface area contributed by atoms with Gasteiger partial charge in [-0.05, 0) is 24.6 Å². The number of nitrogens with one attached hydrogen (secondary N) is 2. The number of anilines is 1. The Kier molecular flexibility index (Phi) is 5.17. The maximum absolute atomic E-state index is 12.2. The van der Waals surface area contributed by atoms with E-state index in [9.17, 15) is 4.79 Å². The van der Waals surface area contributed by atoms with E-state index in [1.54, 1.807) is 6.07 Å². The quantitative estimate of drug-likeness (QED) is 0.475. The van der Waals surface area contributed by atoms with Crippen LogP contribution in [0.15, 0.2) is 63.7 Å². The first-order valence-corrected chi connectivity index (χ1v) is 10.2. The molecular formula is C19H17N5OS2. The second-order valence-corrected chi connectivity index (χ2v) is 8.51. The number of aromatic nitrogens is 4. The molecule has 0 radical (unpaired) electrons. The van der Waals surface area contributed by atoms with Crippen LogP contribution >= 0.6 is 23.1 Å². The lowest BCUT2D eigenvalue weighted by molar-refractivity contribution is 0.916. The van der Waals surface area contributed by atoms with E-state index >= 15 is 0 Å². The Labute approximate surface area is 164 Å². The summed E-state index contributed by atoms with van der Waals surface area (Å²) in [6, 6.07) is 17.5. The summed E-state index contributed by atoms with van der Waals surface area (Å²) in [4.78, 5) is 19.7. The molecule has 4 aromatic rings. The van der Waals surface area contributed by atoms with Gasteiger partial charge in [0.15, 0.2) is 4.34 Å². The van der Waals surface area contributed by atoms with Crippen LogP contribution < -0.4 is 10.9 Å². The van der Waals surface area contributed by atoms with Crippen molar-refractivity contribution in [2.24, 2.45) is 0 Å². The van der Waals surface area contributed by atoms with Crippen LogP contribution in [0.25, 0.3) is 10.9 Å². The molecule has 0 amide bonds. The Hall–Kier alpha value is -2.71. The number of aromatic amines is 1. The van der Waals surface area contributed by atoms with Gasteiger partial charge in [-0.1, -0.05) is 65.6 Å². The molecule has 2 N–H and O–H groups in total. The lowest BCUT2D eigenvalue weighted by Gasteiger charge is -2.08. The largest absolute Gasteiger partial charge is 0.356 e. The van der Waals surface area contributed by atoms with Gasteiger partial charge in [-0.3, -0.25) is 4.79 Å². The molecule has 0 saturated carbocycles. The molecule has 0 bridgehead atoms. The average molecular weight is 396 g/mol. The van der Waals surface area contributed by atoms with Crippen molar-refractivity contribution in [2.45, 2.75) is 23.1 Å². The third-order valence-electron chi connectivity index (χ3n) is 3.99. The Bertz CT molecular complexity index is 1110. The number of hydrogen-bond donors (Lipinski definition) is 2. The van der Waals surface area contributed by atoms with Gasteiger partial charge in [0.25, 0.3) is 5.56 Å². The summed E-state index contributed by atoms with van der Waals surface area (Å²) < 4.78 is 0.828. The van der Waals surface area contributed by atoms with Crippen LogP contribution in [0.4, 0.5) is 5.13 Å². The normalized spacial score (nSPS) is 12.2. The molecule has 2 heterocycles. The van der Waals surface area contributed by atoms with Gasteiger partial charge in [0.1, 0.15) is 5.82 Å². The minimum atomic E-state index is -0.120. The second kappa shape index (κ2) is 7.89. The molecule has 1 atom stereocenters. The summed E-state index contributed by atoms with van der Waals surface area (Å²) in [5, 5.41) is 13.0. The Morgan fingerprint density at radius 2 is 1.89 bits per heavy atom. The van der Waals surface area contributed by atoms with Crippen LogP contribution in [-0.2, 0) is 6.54 Å². The van der Waals surface area contributed by atoms with E-state index in [2.05, 4.69) is 37.6 Å². The predicted octanol–water partition coefficient (Wildman–Crippen LogP) is 4.24. The molecule has 0 saturated heterocycles. The van der Waals surface area contributed by atoms with E-state index in [0.29, 0.717) is 23.3 Å². The molecule has 0 aliphatic rings. The maximum Gasteiger partial charge on any atom is 0.258 e. The van der Waals surface area contributed by atoms with Gasteiger partial charge in [0.2, 0.25) is 5.13 Å². The Morgan fingerprint density at radius 1 is 1.11 bits per heavy atom. The zero-order chi connectivity index (χ0) is 18.6. The van der Waals surface area contributed by atoms with Gasteiger partial charge < -0.3 is 10.3 Å². The molecule has 4 rings (SSSR count). The predicted molar refractivity (Wildman–Crippen MR) is 110 cm³/mol. The van der Waals surface area contributed by atoms with E-state index in [0.717, 1.165) is 9.47 Å². The summed E-state index contributed by atoms with van der Waals surface area (Å²) in [5.74, 6) is 0.637. The van der Waals surface area contributed by atoms with Crippen LogP contribution in [0.2, 0.25) is 0 Å². The van der Waals surface area contributed by atoms with E-state index in [4.69, 9.17) is 0 Å². The third-order valence-corrected chi connectivity index (χ3v) is 6.06. The highest BCUT2D eigenvalue weighted by Gasteiger charge is 2.15. The number of nitrogens with zero attached hydrogens (tertiary/aromatic N) is 3. The van der Waals surface area contributed by atoms with Gasteiger partial charge in [-0.15, -0.1) is 10.2 Å². The highest BCUT2D eigenvalue weighted by Crippen LogP contribution is 2.36. The number of benzene rings is 2. The van der Waals surface area contributed by atoms with Crippen molar-refractivity contribution in [3.63, 3.8) is 0 Å². The molecule has 6 nitrogen and oxygen atoms in total. The van der Waals surface area contributed by atoms with E-state index in [1.165, 1.54) is 28.7 Å². The van der Waals surface area contributed by atoms with Crippen LogP contribution in [0.3, 0.4) is 0 Å². The fourth-order valence-corrected chi connectivity index (χ4v) is 4.56. The first kappa shape index (κ1) is 17.7. The van der Waals surface area contributed by atoms with Crippen LogP contribution in [0.1, 0.15) is 23.6 Å². The number of thioether (sulfide) groups is 1. The average Bonchev–Trinajstić information content (AvgIpc) is 3.14. The summed E-state index contributed by atoms with van der Waals surface area (Å²) >= 11 is 3.02. The first-order valence-electron chi connectivity index (χ1n) is 8.46. The Morgan fingerprint density at radius 3 is 2.74 bits per heavy atom. The van der Waals surface area contributed by atoms with E-state index < -0.39 is 0 Å². The van der Waals surface area contributed by atoms with Gasteiger partial charge in [0, 0.05) is 6.54 Å². The fourth-order valence-electron chi connectivity index (χ4n) is 2.61. The lowest BCUT2D eigenvalue weighted by Crippen LogP contribution is -2.12. The molecule has 0 aliphatic heterocycles. The molecule has 136 valence electrons. The van der Waals surface area contributed by atoms with Crippen LogP contribution in [0.5, 0.6) is 0 Å². The standard InChI is InChI=1S/C19H17N5OS2/c1-12(16-21-15-10-6-5-9-14(15)17(25)22-16)26-19-24-23-18(27-19)20-11-13-7-3-2-4-8-13/h2-10,12H,11H2,1H3,(H,20,23)(H,21,22,25)/t12-/m0/s1. The van der Waals surface area contributed by atoms with Gasteiger partial charge in [-0.2, -0.15) is 0 Å². The SMILES string of the molecule is C[C@H](Sc1nnc(NCc2ccccc2)s1)c1nc2ccccc2c(=O)[nH]1. The van der Waals surface area contributed by atoms with Gasteiger partial charge >= 0.3 is 0 Å². The van der Waals surface area contributed by atoms with Crippen molar-refractivity contribution in [3.05, 3.63) is 76.3 Å². The topological polar surface area (TPSA) is 83.6 Å². The zero-order valence-corrected chi connectivity index (χ0v) is 16.2. The van der Waals surface area contributed by atoms with Crippen molar-refractivity contribution in [1.29, 1.82) is 0 Å². The maximum atomic E-state index is 12.2. The monoisotopic (exact) mass is 395 g/mol. The lowest BCUT2D eigenvalue weighted by atomic mass is 10.2. The summed E-state index contributed by atoms with van der Waals surface area (Å²) in [6.07, 6.45) is 0. The molecule has 2 aromatic carbocycles. The number of H-pyrrole nitrogens is 1. The summed E-state index contributed by atoms with van der Waals surface area (Å²) in [5.41, 5.74) is 1.77. The van der Waals surface area contributed by atoms with Gasteiger partial charge in [0.05, 0.1) is 16.2 Å². The second-order valence-electron chi connectivity index (χ2n) is 5.94. The van der Waals surface area contributed by atoms with E-state index in [-0.39, 0.29) is 10.8 Å². The molecule has 0 spiro atoms. The Balaban J connectivity index is 1.45. The third kappa shape index (κ3) is 4.17. The highest BCUT2D eigenvalue weighted by atomic mass is 32.2. The summed E-state index contributed by atoms with van der Waals surface area (Å²) in [6.45, 7) is 2.70. The van der Waals surface area contributed by atoms with E-state index in [1.807, 2.05) is 43.3 Å². The fraction of sp³-hybridized carbons (Fsp3) is 0.158. The molecule has 2 aromatic heterocycles. The minimum absolute atomic E-state index is 0.0442. The molecule has 0 fully saturated rings. The van der Waals surface area contributed by atoms with Crippen molar-refractivity contribution in [3.8, 4) is 0 Å². The van der Waals surface area contributed by atoms with Crippen LogP contribution in [-0.4, -0.2) is 20.2 Å². The first-order chi connectivity index (χ1) is 13.2. The smallest absolute Gasteiger partial charge is 0.258 e. The van der Waals surface area contributed by atoms with Crippen molar-refractivity contribution in [2.75, 3.05) is 5.32 Å². The number of hydrogen-bond acceptors (Lipinski definition) is 7. The zero-order valence-electron chi connectivity index (χ0n) is 14.5.